The van der Waals surface area contributed by atoms with E-state index in [9.17, 15) is 18.0 Å². The number of rotatable bonds is 12. The summed E-state index contributed by atoms with van der Waals surface area (Å²) < 4.78 is 34.6. The molecule has 0 heterocycles. The molecule has 0 saturated carbocycles. The fraction of sp³-hybridized carbons (Fsp3) is 0.310. The van der Waals surface area contributed by atoms with E-state index < -0.39 is 28.5 Å². The fourth-order valence-corrected chi connectivity index (χ4v) is 5.52. The predicted molar refractivity (Wildman–Crippen MR) is 153 cm³/mol. The third kappa shape index (κ3) is 7.74. The number of nitrogens with one attached hydrogen (secondary N) is 1. The molecule has 0 bridgehead atoms. The summed E-state index contributed by atoms with van der Waals surface area (Å²) in [6, 6.07) is 20.5. The molecule has 1 N–H and O–H groups in total. The molecule has 0 radical (unpaired) electrons. The summed E-state index contributed by atoms with van der Waals surface area (Å²) in [5.41, 5.74) is 0.964. The summed E-state index contributed by atoms with van der Waals surface area (Å²) in [6.45, 7) is 6.91. The maximum atomic E-state index is 14.0. The minimum atomic E-state index is -4.18. The lowest BCUT2D eigenvalue weighted by molar-refractivity contribution is -0.139. The number of para-hydroxylation sites is 2. The van der Waals surface area contributed by atoms with Crippen LogP contribution in [0.3, 0.4) is 0 Å². The van der Waals surface area contributed by atoms with Crippen molar-refractivity contribution in [1.82, 2.24) is 10.2 Å². The Morgan fingerprint density at radius 3 is 2.15 bits per heavy atom. The Labute approximate surface area is 235 Å². The smallest absolute Gasteiger partial charge is 0.264 e. The van der Waals surface area contributed by atoms with Gasteiger partial charge in [0.1, 0.15) is 18.3 Å². The maximum Gasteiger partial charge on any atom is 0.264 e. The number of amides is 2. The Hall–Kier alpha value is -3.56. The second-order valence-corrected chi connectivity index (χ2v) is 11.5. The molecule has 0 fully saturated rings. The molecule has 0 spiro atoms. The molecule has 0 aliphatic rings. The van der Waals surface area contributed by atoms with Crippen molar-refractivity contribution in [3.63, 3.8) is 0 Å². The zero-order valence-corrected chi connectivity index (χ0v) is 24.1. The Kier molecular flexibility index (Phi) is 10.4. The number of halogens is 1. The molecule has 8 nitrogen and oxygen atoms in total. The largest absolute Gasteiger partial charge is 0.492 e. The van der Waals surface area contributed by atoms with Gasteiger partial charge in [-0.15, -0.1) is 0 Å². The molecule has 0 unspecified atom stereocenters. The van der Waals surface area contributed by atoms with Crippen LogP contribution in [0.4, 0.5) is 5.69 Å². The molecule has 0 aliphatic carbocycles. The average molecular weight is 572 g/mol. The number of carbonyl (C=O) groups is 2. The third-order valence-electron chi connectivity index (χ3n) is 5.91. The van der Waals surface area contributed by atoms with Crippen LogP contribution >= 0.6 is 11.6 Å². The van der Waals surface area contributed by atoms with Crippen LogP contribution in [0.1, 0.15) is 33.3 Å². The summed E-state index contributed by atoms with van der Waals surface area (Å²) in [5.74, 6) is -0.580. The number of hydrogen-bond donors (Lipinski definition) is 1. The van der Waals surface area contributed by atoms with Gasteiger partial charge in [-0.25, -0.2) is 8.42 Å². The van der Waals surface area contributed by atoms with E-state index in [0.717, 1.165) is 9.87 Å². The number of benzene rings is 3. The number of carbonyl (C=O) groups excluding carboxylic acids is 2. The normalized spacial score (nSPS) is 12.1. The minimum Gasteiger partial charge on any atom is -0.492 e. The Morgan fingerprint density at radius 2 is 1.54 bits per heavy atom. The van der Waals surface area contributed by atoms with Crippen LogP contribution in [0.15, 0.2) is 83.8 Å². The van der Waals surface area contributed by atoms with Crippen molar-refractivity contribution in [2.45, 2.75) is 51.2 Å². The Bertz CT molecular complexity index is 1370. The second kappa shape index (κ2) is 13.5. The van der Waals surface area contributed by atoms with E-state index in [0.29, 0.717) is 17.4 Å². The summed E-state index contributed by atoms with van der Waals surface area (Å²) in [5, 5.41) is 3.37. The molecule has 3 aromatic carbocycles. The minimum absolute atomic E-state index is 0.0268. The van der Waals surface area contributed by atoms with E-state index in [1.807, 2.05) is 13.8 Å². The molecular formula is C29H34ClN3O5S. The predicted octanol–water partition coefficient (Wildman–Crippen LogP) is 4.88. The molecule has 10 heteroatoms. The van der Waals surface area contributed by atoms with Crippen molar-refractivity contribution in [2.75, 3.05) is 17.5 Å². The highest BCUT2D eigenvalue weighted by molar-refractivity contribution is 7.92. The summed E-state index contributed by atoms with van der Waals surface area (Å²) in [7, 11) is -4.18. The molecule has 3 aromatic rings. The van der Waals surface area contributed by atoms with Crippen molar-refractivity contribution < 1.29 is 22.7 Å². The van der Waals surface area contributed by atoms with E-state index in [-0.39, 0.29) is 29.1 Å². The van der Waals surface area contributed by atoms with Gasteiger partial charge in [-0.2, -0.15) is 0 Å². The van der Waals surface area contributed by atoms with E-state index in [1.54, 1.807) is 80.6 Å². The zero-order chi connectivity index (χ0) is 28.6. The van der Waals surface area contributed by atoms with Crippen LogP contribution < -0.4 is 14.4 Å². The highest BCUT2D eigenvalue weighted by atomic mass is 35.5. The van der Waals surface area contributed by atoms with Crippen molar-refractivity contribution in [2.24, 2.45) is 0 Å². The quantitative estimate of drug-likeness (QED) is 0.334. The Morgan fingerprint density at radius 1 is 0.923 bits per heavy atom. The lowest BCUT2D eigenvalue weighted by Gasteiger charge is -2.32. The van der Waals surface area contributed by atoms with Gasteiger partial charge < -0.3 is 15.0 Å². The van der Waals surface area contributed by atoms with Crippen LogP contribution in [-0.4, -0.2) is 50.4 Å². The van der Waals surface area contributed by atoms with Gasteiger partial charge in [0, 0.05) is 17.6 Å². The lowest BCUT2D eigenvalue weighted by atomic mass is 10.1. The highest BCUT2D eigenvalue weighted by Gasteiger charge is 2.33. The molecule has 1 atom stereocenters. The van der Waals surface area contributed by atoms with Gasteiger partial charge in [0.05, 0.1) is 17.2 Å². The standard InChI is InChI=1S/C29H34ClN3O5S/c1-5-38-27-14-10-9-13-26(27)33(39(36,37)25-11-7-6-8-12-25)20-28(34)32(22(4)29(35)31-21(2)3)19-23-15-17-24(30)18-16-23/h6-18,21-22H,5,19-20H2,1-4H3,(H,31,35)/t22-/m0/s1. The summed E-state index contributed by atoms with van der Waals surface area (Å²) in [6.07, 6.45) is 0. The van der Waals surface area contributed by atoms with Crippen LogP contribution in [0.5, 0.6) is 5.75 Å². The van der Waals surface area contributed by atoms with Gasteiger partial charge in [-0.05, 0) is 69.7 Å². The molecule has 0 aromatic heterocycles. The first-order chi connectivity index (χ1) is 18.5. The van der Waals surface area contributed by atoms with Gasteiger partial charge in [-0.1, -0.05) is 54.1 Å². The lowest BCUT2D eigenvalue weighted by Crippen LogP contribution is -2.52. The van der Waals surface area contributed by atoms with Crippen molar-refractivity contribution in [3.05, 3.63) is 89.4 Å². The highest BCUT2D eigenvalue weighted by Crippen LogP contribution is 2.32. The van der Waals surface area contributed by atoms with Gasteiger partial charge in [0.25, 0.3) is 10.0 Å². The van der Waals surface area contributed by atoms with Crippen molar-refractivity contribution >= 4 is 39.1 Å². The third-order valence-corrected chi connectivity index (χ3v) is 7.93. The number of anilines is 1. The number of nitrogens with zero attached hydrogens (tertiary/aromatic N) is 2. The van der Waals surface area contributed by atoms with Gasteiger partial charge in [-0.3, -0.25) is 13.9 Å². The van der Waals surface area contributed by atoms with E-state index in [2.05, 4.69) is 5.32 Å². The van der Waals surface area contributed by atoms with Gasteiger partial charge in [0.2, 0.25) is 11.8 Å². The first-order valence-corrected chi connectivity index (χ1v) is 14.5. The van der Waals surface area contributed by atoms with Crippen LogP contribution in [0, 0.1) is 0 Å². The molecule has 0 saturated heterocycles. The molecule has 2 amide bonds. The van der Waals surface area contributed by atoms with Crippen LogP contribution in [0.2, 0.25) is 5.02 Å². The first-order valence-electron chi connectivity index (χ1n) is 12.7. The van der Waals surface area contributed by atoms with Crippen molar-refractivity contribution in [1.29, 1.82) is 0 Å². The molecular weight excluding hydrogens is 538 g/mol. The molecule has 3 rings (SSSR count). The maximum absolute atomic E-state index is 14.0. The van der Waals surface area contributed by atoms with E-state index >= 15 is 0 Å². The number of ether oxygens (including phenoxy) is 1. The van der Waals surface area contributed by atoms with Gasteiger partial charge in [0.15, 0.2) is 0 Å². The van der Waals surface area contributed by atoms with Crippen molar-refractivity contribution in [3.8, 4) is 5.75 Å². The second-order valence-electron chi connectivity index (χ2n) is 9.21. The summed E-state index contributed by atoms with van der Waals surface area (Å²) in [4.78, 5) is 28.3. The number of hydrogen-bond acceptors (Lipinski definition) is 5. The summed E-state index contributed by atoms with van der Waals surface area (Å²) >= 11 is 6.04. The molecule has 39 heavy (non-hydrogen) atoms. The molecule has 0 aliphatic heterocycles. The first kappa shape index (κ1) is 30.0. The fourth-order valence-electron chi connectivity index (χ4n) is 3.95. The average Bonchev–Trinajstić information content (AvgIpc) is 2.91. The molecule has 208 valence electrons. The van der Waals surface area contributed by atoms with E-state index in [4.69, 9.17) is 16.3 Å². The SMILES string of the molecule is CCOc1ccccc1N(CC(=O)N(Cc1ccc(Cl)cc1)[C@@H](C)C(=O)NC(C)C)S(=O)(=O)c1ccccc1. The van der Waals surface area contributed by atoms with Crippen LogP contribution in [-0.2, 0) is 26.2 Å². The van der Waals surface area contributed by atoms with E-state index in [1.165, 1.54) is 17.0 Å². The topological polar surface area (TPSA) is 96.0 Å². The Balaban J connectivity index is 2.06. The monoisotopic (exact) mass is 571 g/mol. The number of sulfonamides is 1. The zero-order valence-electron chi connectivity index (χ0n) is 22.5. The van der Waals surface area contributed by atoms with Gasteiger partial charge >= 0.3 is 0 Å². The van der Waals surface area contributed by atoms with Crippen LogP contribution in [0.25, 0.3) is 0 Å².